The Labute approximate surface area is 104 Å². The first kappa shape index (κ1) is 12.2. The minimum Gasteiger partial charge on any atom is -0.508 e. The monoisotopic (exact) mass is 247 g/mol. The highest BCUT2D eigenvalue weighted by Gasteiger charge is 2.41. The lowest BCUT2D eigenvalue weighted by Crippen LogP contribution is -2.26. The normalized spacial score (nSPS) is 19.6. The second kappa shape index (κ2) is 4.18. The number of likely N-dealkylation sites (N-methyl/N-ethyl adjacent to an activating group) is 1. The molecule has 1 aliphatic rings. The van der Waals surface area contributed by atoms with Crippen LogP contribution in [0.15, 0.2) is 35.6 Å². The van der Waals surface area contributed by atoms with Crippen LogP contribution in [0.3, 0.4) is 0 Å². The lowest BCUT2D eigenvalue weighted by atomic mass is 9.96. The summed E-state index contributed by atoms with van der Waals surface area (Å²) in [6, 6.07) is 5.69. The van der Waals surface area contributed by atoms with Gasteiger partial charge in [-0.1, -0.05) is 18.2 Å². The molecule has 2 N–H and O–H groups in total. The van der Waals surface area contributed by atoms with E-state index in [1.807, 2.05) is 0 Å². The van der Waals surface area contributed by atoms with E-state index in [0.717, 1.165) is 0 Å². The van der Waals surface area contributed by atoms with Gasteiger partial charge in [-0.15, -0.1) is 0 Å². The number of benzene rings is 1. The summed E-state index contributed by atoms with van der Waals surface area (Å²) in [5.41, 5.74) is 0.437. The molecular formula is C13H13NO4. The number of hydrogen-bond donors (Lipinski definition) is 2. The molecule has 0 fully saturated rings. The predicted molar refractivity (Wildman–Crippen MR) is 64.0 cm³/mol. The topological polar surface area (TPSA) is 77.8 Å². The van der Waals surface area contributed by atoms with E-state index in [9.17, 15) is 19.8 Å². The Hall–Kier alpha value is -2.30. The molecule has 1 aromatic rings. The molecule has 5 heteroatoms. The van der Waals surface area contributed by atoms with Gasteiger partial charge in [-0.3, -0.25) is 9.59 Å². The first-order valence-corrected chi connectivity index (χ1v) is 5.44. The third-order valence-electron chi connectivity index (χ3n) is 3.05. The van der Waals surface area contributed by atoms with E-state index >= 15 is 0 Å². The van der Waals surface area contributed by atoms with Gasteiger partial charge < -0.3 is 15.1 Å². The van der Waals surface area contributed by atoms with Crippen LogP contribution >= 0.6 is 0 Å². The van der Waals surface area contributed by atoms with Gasteiger partial charge in [-0.2, -0.15) is 0 Å². The summed E-state index contributed by atoms with van der Waals surface area (Å²) in [7, 11) is 1.48. The summed E-state index contributed by atoms with van der Waals surface area (Å²) < 4.78 is 0. The molecule has 0 saturated carbocycles. The van der Waals surface area contributed by atoms with Gasteiger partial charge in [0.1, 0.15) is 5.75 Å². The van der Waals surface area contributed by atoms with Crippen molar-refractivity contribution in [2.75, 3.05) is 7.05 Å². The predicted octanol–water partition coefficient (Wildman–Crippen LogP) is 1.31. The molecule has 0 saturated heterocycles. The molecule has 1 atom stereocenters. The summed E-state index contributed by atoms with van der Waals surface area (Å²) in [4.78, 5) is 24.5. The third kappa shape index (κ3) is 1.64. The van der Waals surface area contributed by atoms with E-state index < -0.39 is 23.5 Å². The molecule has 0 spiro atoms. The molecule has 0 radical (unpaired) electrons. The van der Waals surface area contributed by atoms with Gasteiger partial charge in [0.2, 0.25) is 0 Å². The summed E-state index contributed by atoms with van der Waals surface area (Å²) in [5.74, 6) is -1.57. The van der Waals surface area contributed by atoms with Crippen LogP contribution < -0.4 is 0 Å². The maximum absolute atomic E-state index is 11.7. The van der Waals surface area contributed by atoms with E-state index in [-0.39, 0.29) is 11.3 Å². The number of para-hydroxylation sites is 1. The molecule has 1 aliphatic heterocycles. The van der Waals surface area contributed by atoms with Crippen molar-refractivity contribution in [3.05, 3.63) is 41.2 Å². The number of nitrogens with zero attached hydrogens (tertiary/aromatic N) is 1. The van der Waals surface area contributed by atoms with Gasteiger partial charge in [0.05, 0.1) is 11.6 Å². The zero-order valence-corrected chi connectivity index (χ0v) is 10.0. The van der Waals surface area contributed by atoms with Gasteiger partial charge >= 0.3 is 0 Å². The Morgan fingerprint density at radius 1 is 1.28 bits per heavy atom. The molecule has 0 aliphatic carbocycles. The second-order valence-corrected chi connectivity index (χ2v) is 4.20. The van der Waals surface area contributed by atoms with Crippen molar-refractivity contribution >= 4 is 11.7 Å². The Kier molecular flexibility index (Phi) is 2.82. The molecule has 18 heavy (non-hydrogen) atoms. The van der Waals surface area contributed by atoms with Crippen molar-refractivity contribution in [2.24, 2.45) is 0 Å². The Morgan fingerprint density at radius 3 is 2.44 bits per heavy atom. The van der Waals surface area contributed by atoms with Gasteiger partial charge in [-0.05, 0) is 13.0 Å². The van der Waals surface area contributed by atoms with Gasteiger partial charge in [0, 0.05) is 12.6 Å². The largest absolute Gasteiger partial charge is 0.508 e. The van der Waals surface area contributed by atoms with Crippen LogP contribution in [-0.4, -0.2) is 33.9 Å². The molecule has 1 amide bonds. The van der Waals surface area contributed by atoms with Crippen molar-refractivity contribution in [3.8, 4) is 5.75 Å². The van der Waals surface area contributed by atoms with Crippen molar-refractivity contribution in [1.29, 1.82) is 0 Å². The van der Waals surface area contributed by atoms with Crippen LogP contribution in [0.25, 0.3) is 0 Å². The molecule has 94 valence electrons. The van der Waals surface area contributed by atoms with Crippen LogP contribution in [0.1, 0.15) is 18.5 Å². The fourth-order valence-corrected chi connectivity index (χ4v) is 2.16. The minimum atomic E-state index is -0.740. The molecular weight excluding hydrogens is 234 g/mol. The number of aliphatic hydroxyl groups excluding tert-OH is 1. The number of hydrogen-bond acceptors (Lipinski definition) is 4. The highest BCUT2D eigenvalue weighted by atomic mass is 16.3. The van der Waals surface area contributed by atoms with Gasteiger partial charge in [0.25, 0.3) is 5.91 Å². The average Bonchev–Trinajstić information content (AvgIpc) is 2.54. The van der Waals surface area contributed by atoms with Crippen LogP contribution in [0.4, 0.5) is 0 Å². The number of rotatable bonds is 2. The second-order valence-electron chi connectivity index (χ2n) is 4.20. The minimum absolute atomic E-state index is 0.0176. The van der Waals surface area contributed by atoms with E-state index in [1.165, 1.54) is 24.9 Å². The summed E-state index contributed by atoms with van der Waals surface area (Å²) in [6.07, 6.45) is 0. The number of aromatic hydroxyl groups is 1. The number of phenolic OH excluding ortho intramolecular Hbond substituents is 1. The van der Waals surface area contributed by atoms with Crippen molar-refractivity contribution in [1.82, 2.24) is 4.90 Å². The Morgan fingerprint density at radius 2 is 1.89 bits per heavy atom. The summed E-state index contributed by atoms with van der Waals surface area (Å²) >= 11 is 0. The number of aliphatic hydroxyl groups is 1. The van der Waals surface area contributed by atoms with E-state index in [2.05, 4.69) is 0 Å². The molecule has 2 rings (SSSR count). The van der Waals surface area contributed by atoms with Crippen LogP contribution in [-0.2, 0) is 9.59 Å². The maximum atomic E-state index is 11.7. The lowest BCUT2D eigenvalue weighted by molar-refractivity contribution is -0.128. The standard InChI is InChI=1S/C13H13NO4/c1-7(15)10-11(14(2)13(18)12(10)17)8-5-3-4-6-9(8)16/h3-6,11,16-17H,1-2H3/t11-/m0/s1. The lowest BCUT2D eigenvalue weighted by Gasteiger charge is -2.22. The quantitative estimate of drug-likeness (QED) is 0.825. The fraction of sp³-hybridized carbons (Fsp3) is 0.231. The van der Waals surface area contributed by atoms with E-state index in [0.29, 0.717) is 5.56 Å². The SMILES string of the molecule is CC(=O)C1=C(O)C(=O)N(C)[C@H]1c1ccccc1O. The first-order valence-electron chi connectivity index (χ1n) is 5.44. The van der Waals surface area contributed by atoms with Crippen molar-refractivity contribution < 1.29 is 19.8 Å². The number of carbonyl (C=O) groups is 2. The zero-order valence-electron chi connectivity index (χ0n) is 10.0. The van der Waals surface area contributed by atoms with Crippen LogP contribution in [0, 0.1) is 0 Å². The van der Waals surface area contributed by atoms with Crippen LogP contribution in [0.5, 0.6) is 5.75 Å². The van der Waals surface area contributed by atoms with Crippen molar-refractivity contribution in [3.63, 3.8) is 0 Å². The Balaban J connectivity index is 2.60. The van der Waals surface area contributed by atoms with E-state index in [4.69, 9.17) is 0 Å². The number of Topliss-reactive ketones (excluding diaryl/α,β-unsaturated/α-hetero) is 1. The summed E-state index contributed by atoms with van der Waals surface area (Å²) in [5, 5.41) is 19.5. The van der Waals surface area contributed by atoms with Gasteiger partial charge in [0.15, 0.2) is 11.5 Å². The Bertz CT molecular complexity index is 562. The van der Waals surface area contributed by atoms with Crippen molar-refractivity contribution in [2.45, 2.75) is 13.0 Å². The molecule has 0 bridgehead atoms. The molecule has 0 aromatic heterocycles. The van der Waals surface area contributed by atoms with Gasteiger partial charge in [-0.25, -0.2) is 0 Å². The number of ketones is 1. The average molecular weight is 247 g/mol. The third-order valence-corrected chi connectivity index (χ3v) is 3.05. The molecule has 0 unspecified atom stereocenters. The highest BCUT2D eigenvalue weighted by molar-refractivity contribution is 6.08. The summed E-state index contributed by atoms with van der Waals surface area (Å²) in [6.45, 7) is 1.28. The first-order chi connectivity index (χ1) is 8.45. The number of phenols is 1. The molecule has 1 heterocycles. The van der Waals surface area contributed by atoms with E-state index in [1.54, 1.807) is 18.2 Å². The molecule has 1 aromatic carbocycles. The molecule has 5 nitrogen and oxygen atoms in total. The highest BCUT2D eigenvalue weighted by Crippen LogP contribution is 2.39. The zero-order chi connectivity index (χ0) is 13.4. The smallest absolute Gasteiger partial charge is 0.289 e. The number of amides is 1. The van der Waals surface area contributed by atoms with Crippen LogP contribution in [0.2, 0.25) is 0 Å². The number of carbonyl (C=O) groups excluding carboxylic acids is 2. The fourth-order valence-electron chi connectivity index (χ4n) is 2.16. The maximum Gasteiger partial charge on any atom is 0.289 e.